The molecule has 1 N–H and O–H groups in total. The van der Waals surface area contributed by atoms with E-state index in [-0.39, 0.29) is 23.9 Å². The van der Waals surface area contributed by atoms with Crippen LogP contribution in [0.4, 0.5) is 0 Å². The molecule has 2 aromatic heterocycles. The second-order valence-electron chi connectivity index (χ2n) is 6.75. The van der Waals surface area contributed by atoms with Crippen LogP contribution in [0.15, 0.2) is 41.5 Å². The number of aromatic nitrogens is 4. The molecule has 7 nitrogen and oxygen atoms in total. The summed E-state index contributed by atoms with van der Waals surface area (Å²) >= 11 is 0. The Labute approximate surface area is 150 Å². The maximum atomic E-state index is 12.8. The van der Waals surface area contributed by atoms with Gasteiger partial charge in [0.2, 0.25) is 5.91 Å². The van der Waals surface area contributed by atoms with Crippen molar-refractivity contribution in [1.29, 1.82) is 0 Å². The lowest BCUT2D eigenvalue weighted by Crippen LogP contribution is -2.42. The zero-order valence-electron chi connectivity index (χ0n) is 14.7. The second kappa shape index (κ2) is 6.74. The largest absolute Gasteiger partial charge is 0.348 e. The van der Waals surface area contributed by atoms with Gasteiger partial charge in [-0.15, -0.1) is 0 Å². The van der Waals surface area contributed by atoms with Gasteiger partial charge in [0.15, 0.2) is 0 Å². The number of aryl methyl sites for hydroxylation is 1. The normalized spacial score (nSPS) is 17.6. The SMILES string of the molecule is Cc1nn(CC(=O)N2CCC[C@@H](c3ncc[nH]3)C2)c(=O)c2ccccc12. The molecule has 1 amide bonds. The molecule has 1 atom stereocenters. The Kier molecular flexibility index (Phi) is 4.28. The molecule has 4 rings (SSSR count). The first-order valence-electron chi connectivity index (χ1n) is 8.87. The van der Waals surface area contributed by atoms with E-state index >= 15 is 0 Å². The van der Waals surface area contributed by atoms with E-state index in [1.807, 2.05) is 30.0 Å². The molecule has 0 saturated carbocycles. The van der Waals surface area contributed by atoms with Crippen LogP contribution in [-0.4, -0.2) is 43.6 Å². The van der Waals surface area contributed by atoms with Crippen LogP contribution in [0.2, 0.25) is 0 Å². The quantitative estimate of drug-likeness (QED) is 0.780. The summed E-state index contributed by atoms with van der Waals surface area (Å²) in [6.07, 6.45) is 5.47. The molecular formula is C19H21N5O2. The third-order valence-corrected chi connectivity index (χ3v) is 5.02. The molecule has 26 heavy (non-hydrogen) atoms. The molecule has 134 valence electrons. The number of aromatic amines is 1. The minimum absolute atomic E-state index is 0.0324. The Morgan fingerprint density at radius 1 is 1.31 bits per heavy atom. The molecular weight excluding hydrogens is 330 g/mol. The Morgan fingerprint density at radius 3 is 2.88 bits per heavy atom. The van der Waals surface area contributed by atoms with Crippen LogP contribution in [0.25, 0.3) is 10.8 Å². The van der Waals surface area contributed by atoms with Crippen molar-refractivity contribution in [3.63, 3.8) is 0 Å². The fourth-order valence-electron chi connectivity index (χ4n) is 3.67. The molecule has 0 radical (unpaired) electrons. The van der Waals surface area contributed by atoms with Crippen LogP contribution in [0.5, 0.6) is 0 Å². The number of fused-ring (bicyclic) bond motifs is 1. The van der Waals surface area contributed by atoms with E-state index in [1.165, 1.54) is 4.68 Å². The maximum Gasteiger partial charge on any atom is 0.275 e. The number of imidazole rings is 1. The zero-order valence-corrected chi connectivity index (χ0v) is 14.7. The van der Waals surface area contributed by atoms with Gasteiger partial charge in [0.1, 0.15) is 12.4 Å². The summed E-state index contributed by atoms with van der Waals surface area (Å²) in [6, 6.07) is 7.37. The average molecular weight is 351 g/mol. The molecule has 1 saturated heterocycles. The number of nitrogens with one attached hydrogen (secondary N) is 1. The number of rotatable bonds is 3. The van der Waals surface area contributed by atoms with Gasteiger partial charge >= 0.3 is 0 Å². The summed E-state index contributed by atoms with van der Waals surface area (Å²) in [4.78, 5) is 34.7. The number of carbonyl (C=O) groups is 1. The zero-order chi connectivity index (χ0) is 18.1. The molecule has 0 spiro atoms. The third kappa shape index (κ3) is 3.00. The molecule has 1 aliphatic heterocycles. The van der Waals surface area contributed by atoms with E-state index in [2.05, 4.69) is 15.1 Å². The van der Waals surface area contributed by atoms with Gasteiger partial charge in [-0.3, -0.25) is 9.59 Å². The Morgan fingerprint density at radius 2 is 2.12 bits per heavy atom. The number of amides is 1. The van der Waals surface area contributed by atoms with E-state index in [4.69, 9.17) is 0 Å². The molecule has 1 aliphatic rings. The van der Waals surface area contributed by atoms with Crippen LogP contribution in [-0.2, 0) is 11.3 Å². The summed E-state index contributed by atoms with van der Waals surface area (Å²) < 4.78 is 1.29. The number of piperidine rings is 1. The summed E-state index contributed by atoms with van der Waals surface area (Å²) in [5, 5.41) is 5.77. The van der Waals surface area contributed by atoms with Crippen LogP contribution in [0, 0.1) is 6.92 Å². The van der Waals surface area contributed by atoms with E-state index in [0.717, 1.165) is 29.7 Å². The lowest BCUT2D eigenvalue weighted by molar-refractivity contribution is -0.133. The lowest BCUT2D eigenvalue weighted by Gasteiger charge is -2.32. The fourth-order valence-corrected chi connectivity index (χ4v) is 3.67. The molecule has 7 heteroatoms. The van der Waals surface area contributed by atoms with Crippen molar-refractivity contribution in [3.8, 4) is 0 Å². The number of nitrogens with zero attached hydrogens (tertiary/aromatic N) is 4. The van der Waals surface area contributed by atoms with E-state index < -0.39 is 0 Å². The molecule has 0 bridgehead atoms. The minimum atomic E-state index is -0.223. The fraction of sp³-hybridized carbons (Fsp3) is 0.368. The van der Waals surface area contributed by atoms with Gasteiger partial charge in [0, 0.05) is 36.8 Å². The van der Waals surface area contributed by atoms with Gasteiger partial charge in [-0.25, -0.2) is 9.67 Å². The van der Waals surface area contributed by atoms with Crippen LogP contribution in [0.3, 0.4) is 0 Å². The van der Waals surface area contributed by atoms with Crippen molar-refractivity contribution in [2.24, 2.45) is 0 Å². The number of likely N-dealkylation sites (tertiary alicyclic amines) is 1. The van der Waals surface area contributed by atoms with Crippen molar-refractivity contribution >= 4 is 16.7 Å². The smallest absolute Gasteiger partial charge is 0.275 e. The number of hydrogen-bond acceptors (Lipinski definition) is 4. The Bertz CT molecular complexity index is 993. The minimum Gasteiger partial charge on any atom is -0.348 e. The van der Waals surface area contributed by atoms with Gasteiger partial charge in [0.05, 0.1) is 11.1 Å². The highest BCUT2D eigenvalue weighted by atomic mass is 16.2. The third-order valence-electron chi connectivity index (χ3n) is 5.02. The number of hydrogen-bond donors (Lipinski definition) is 1. The molecule has 1 fully saturated rings. The summed E-state index contributed by atoms with van der Waals surface area (Å²) in [6.45, 7) is 3.15. The lowest BCUT2D eigenvalue weighted by atomic mass is 9.97. The van der Waals surface area contributed by atoms with Gasteiger partial charge < -0.3 is 9.88 Å². The van der Waals surface area contributed by atoms with Crippen LogP contribution in [0.1, 0.15) is 30.3 Å². The molecule has 0 aliphatic carbocycles. The highest BCUT2D eigenvalue weighted by molar-refractivity contribution is 5.83. The van der Waals surface area contributed by atoms with Gasteiger partial charge in [-0.1, -0.05) is 18.2 Å². The van der Waals surface area contributed by atoms with E-state index in [9.17, 15) is 9.59 Å². The van der Waals surface area contributed by atoms with E-state index in [0.29, 0.717) is 18.5 Å². The van der Waals surface area contributed by atoms with E-state index in [1.54, 1.807) is 18.5 Å². The van der Waals surface area contributed by atoms with Gasteiger partial charge in [-0.05, 0) is 25.8 Å². The molecule has 1 aromatic carbocycles. The van der Waals surface area contributed by atoms with Gasteiger partial charge in [0.25, 0.3) is 5.56 Å². The highest BCUT2D eigenvalue weighted by Gasteiger charge is 2.26. The summed E-state index contributed by atoms with van der Waals surface area (Å²) in [5.41, 5.74) is 0.527. The first-order valence-corrected chi connectivity index (χ1v) is 8.87. The Balaban J connectivity index is 1.56. The molecule has 3 heterocycles. The standard InChI is InChI=1S/C19H21N5O2/c1-13-15-6-2-3-7-16(15)19(26)24(22-13)12-17(25)23-10-4-5-14(11-23)18-20-8-9-21-18/h2-3,6-9,14H,4-5,10-12H2,1H3,(H,20,21)/t14-/m1/s1. The van der Waals surface area contributed by atoms with Crippen molar-refractivity contribution in [3.05, 3.63) is 58.5 Å². The number of H-pyrrole nitrogens is 1. The first kappa shape index (κ1) is 16.5. The predicted octanol–water partition coefficient (Wildman–Crippen LogP) is 1.83. The van der Waals surface area contributed by atoms with Crippen molar-refractivity contribution < 1.29 is 4.79 Å². The number of benzene rings is 1. The highest BCUT2D eigenvalue weighted by Crippen LogP contribution is 2.24. The maximum absolute atomic E-state index is 12.8. The Hall–Kier alpha value is -2.96. The molecule has 0 unspecified atom stereocenters. The van der Waals surface area contributed by atoms with Crippen molar-refractivity contribution in [2.75, 3.05) is 13.1 Å². The molecule has 3 aromatic rings. The number of carbonyl (C=O) groups excluding carboxylic acids is 1. The predicted molar refractivity (Wildman–Crippen MR) is 97.9 cm³/mol. The van der Waals surface area contributed by atoms with Gasteiger partial charge in [-0.2, -0.15) is 5.10 Å². The van der Waals surface area contributed by atoms with Crippen molar-refractivity contribution in [1.82, 2.24) is 24.6 Å². The topological polar surface area (TPSA) is 83.9 Å². The second-order valence-corrected chi connectivity index (χ2v) is 6.75. The van der Waals surface area contributed by atoms with Crippen LogP contribution < -0.4 is 5.56 Å². The monoisotopic (exact) mass is 351 g/mol. The first-order chi connectivity index (χ1) is 12.6. The average Bonchev–Trinajstić information content (AvgIpc) is 3.21. The summed E-state index contributed by atoms with van der Waals surface area (Å²) in [7, 11) is 0. The van der Waals surface area contributed by atoms with Crippen molar-refractivity contribution in [2.45, 2.75) is 32.2 Å². The van der Waals surface area contributed by atoms with Crippen LogP contribution >= 0.6 is 0 Å². The summed E-state index contributed by atoms with van der Waals surface area (Å²) in [5.74, 6) is 1.05.